The number of hydrogen-bond acceptors (Lipinski definition) is 4. The van der Waals surface area contributed by atoms with Crippen LogP contribution in [-0.2, 0) is 9.53 Å². The van der Waals surface area contributed by atoms with E-state index in [4.69, 9.17) is 10.1 Å². The molecular formula is C19H24BrFN4O3. The van der Waals surface area contributed by atoms with Gasteiger partial charge in [0.1, 0.15) is 5.82 Å². The van der Waals surface area contributed by atoms with E-state index in [1.165, 1.54) is 18.2 Å². The van der Waals surface area contributed by atoms with Crippen molar-refractivity contribution < 1.29 is 18.7 Å². The highest BCUT2D eigenvalue weighted by Crippen LogP contribution is 2.22. The fourth-order valence-electron chi connectivity index (χ4n) is 3.44. The van der Waals surface area contributed by atoms with Crippen molar-refractivity contribution in [1.29, 1.82) is 5.41 Å². The lowest BCUT2D eigenvalue weighted by Crippen LogP contribution is -2.50. The molecule has 3 rings (SSSR count). The van der Waals surface area contributed by atoms with Gasteiger partial charge >= 0.3 is 6.03 Å². The second-order valence-corrected chi connectivity index (χ2v) is 7.94. The fraction of sp³-hybridized carbons (Fsp3) is 0.526. The van der Waals surface area contributed by atoms with Gasteiger partial charge in [0.2, 0.25) is 5.78 Å². The predicted octanol–water partition coefficient (Wildman–Crippen LogP) is 3.15. The number of Topliss-reactive ketones (excluding diaryl/α,β-unsaturated/α-hetero) is 1. The number of amides is 2. The van der Waals surface area contributed by atoms with Gasteiger partial charge < -0.3 is 20.3 Å². The summed E-state index contributed by atoms with van der Waals surface area (Å²) in [6.45, 7) is 2.31. The first kappa shape index (κ1) is 20.7. The lowest BCUT2D eigenvalue weighted by atomic mass is 9.92. The molecule has 0 aliphatic carbocycles. The molecule has 2 saturated heterocycles. The van der Waals surface area contributed by atoms with Crippen molar-refractivity contribution in [3.05, 3.63) is 28.5 Å². The zero-order valence-electron chi connectivity index (χ0n) is 15.5. The molecule has 0 unspecified atom stereocenters. The Labute approximate surface area is 171 Å². The topological polar surface area (TPSA) is 94.5 Å². The number of nitrogens with one attached hydrogen (secondary N) is 3. The zero-order valence-corrected chi connectivity index (χ0v) is 17.1. The molecule has 152 valence electrons. The number of amidine groups is 1. The first-order valence-corrected chi connectivity index (χ1v) is 10.2. The first-order valence-electron chi connectivity index (χ1n) is 9.42. The van der Waals surface area contributed by atoms with Gasteiger partial charge in [0.15, 0.2) is 5.84 Å². The number of carbonyl (C=O) groups is 2. The molecule has 7 nitrogen and oxygen atoms in total. The van der Waals surface area contributed by atoms with Crippen LogP contribution in [0.15, 0.2) is 22.7 Å². The van der Waals surface area contributed by atoms with Crippen molar-refractivity contribution in [2.24, 2.45) is 5.92 Å². The predicted molar refractivity (Wildman–Crippen MR) is 107 cm³/mol. The summed E-state index contributed by atoms with van der Waals surface area (Å²) >= 11 is 3.08. The minimum absolute atomic E-state index is 0.0952. The largest absolute Gasteiger partial charge is 0.381 e. The number of halogens is 2. The molecule has 0 radical (unpaired) electrons. The van der Waals surface area contributed by atoms with Gasteiger partial charge in [-0.2, -0.15) is 0 Å². The van der Waals surface area contributed by atoms with Crippen LogP contribution in [0.4, 0.5) is 14.9 Å². The number of ketones is 1. The number of hydrogen-bond donors (Lipinski definition) is 3. The molecule has 1 aromatic rings. The van der Waals surface area contributed by atoms with Crippen molar-refractivity contribution in [3.8, 4) is 0 Å². The van der Waals surface area contributed by atoms with Gasteiger partial charge in [0.25, 0.3) is 0 Å². The SMILES string of the molecule is N=C(Nc1ccc(F)c(Br)c1)C(=O)C1CCN(C(=O)NC2CCOCC2)CC1. The molecule has 2 fully saturated rings. The lowest BCUT2D eigenvalue weighted by Gasteiger charge is -2.33. The van der Waals surface area contributed by atoms with E-state index in [9.17, 15) is 14.0 Å². The maximum atomic E-state index is 13.3. The van der Waals surface area contributed by atoms with Crippen LogP contribution in [-0.4, -0.2) is 54.9 Å². The molecular weight excluding hydrogens is 431 g/mol. The van der Waals surface area contributed by atoms with Crippen LogP contribution >= 0.6 is 15.9 Å². The van der Waals surface area contributed by atoms with Crippen molar-refractivity contribution in [1.82, 2.24) is 10.2 Å². The molecule has 9 heteroatoms. The summed E-state index contributed by atoms with van der Waals surface area (Å²) in [6.07, 6.45) is 2.69. The molecule has 2 amide bonds. The third-order valence-corrected chi connectivity index (χ3v) is 5.74. The quantitative estimate of drug-likeness (QED) is 0.480. The van der Waals surface area contributed by atoms with Crippen LogP contribution in [0, 0.1) is 17.1 Å². The fourth-order valence-corrected chi connectivity index (χ4v) is 3.82. The van der Waals surface area contributed by atoms with Crippen LogP contribution in [0.2, 0.25) is 0 Å². The van der Waals surface area contributed by atoms with Gasteiger partial charge in [0, 0.05) is 44.0 Å². The number of nitrogens with zero attached hydrogens (tertiary/aromatic N) is 1. The highest BCUT2D eigenvalue weighted by molar-refractivity contribution is 9.10. The molecule has 0 bridgehead atoms. The second-order valence-electron chi connectivity index (χ2n) is 7.09. The van der Waals surface area contributed by atoms with Crippen molar-refractivity contribution >= 4 is 39.3 Å². The number of rotatable bonds is 4. The third-order valence-electron chi connectivity index (χ3n) is 5.14. The Morgan fingerprint density at radius 3 is 2.50 bits per heavy atom. The van der Waals surface area contributed by atoms with Gasteiger partial charge in [-0.3, -0.25) is 10.2 Å². The first-order chi connectivity index (χ1) is 13.4. The standard InChI is InChI=1S/C19H24BrFN4O3/c20-15-11-14(1-2-16(15)21)23-18(22)17(26)12-3-7-25(8-4-12)19(27)24-13-5-9-28-10-6-13/h1-2,11-13H,3-10H2,(H2,22,23)(H,24,27). The summed E-state index contributed by atoms with van der Waals surface area (Å²) in [7, 11) is 0. The number of ether oxygens (including phenoxy) is 1. The van der Waals surface area contributed by atoms with E-state index < -0.39 is 5.82 Å². The Balaban J connectivity index is 1.46. The summed E-state index contributed by atoms with van der Waals surface area (Å²) in [6, 6.07) is 4.28. The van der Waals surface area contributed by atoms with E-state index >= 15 is 0 Å². The smallest absolute Gasteiger partial charge is 0.317 e. The number of urea groups is 1. The third kappa shape index (κ3) is 5.29. The van der Waals surface area contributed by atoms with Crippen LogP contribution in [0.5, 0.6) is 0 Å². The van der Waals surface area contributed by atoms with E-state index in [0.29, 0.717) is 44.8 Å². The molecule has 0 atom stereocenters. The summed E-state index contributed by atoms with van der Waals surface area (Å²) in [4.78, 5) is 26.6. The van der Waals surface area contributed by atoms with Crippen LogP contribution in [0.25, 0.3) is 0 Å². The van der Waals surface area contributed by atoms with E-state index in [1.807, 2.05) is 0 Å². The van der Waals surface area contributed by atoms with Crippen molar-refractivity contribution in [3.63, 3.8) is 0 Å². The molecule has 2 aliphatic rings. The van der Waals surface area contributed by atoms with Crippen LogP contribution < -0.4 is 10.6 Å². The van der Waals surface area contributed by atoms with Gasteiger partial charge in [-0.15, -0.1) is 0 Å². The minimum atomic E-state index is -0.408. The van der Waals surface area contributed by atoms with E-state index in [1.54, 1.807) is 4.90 Å². The maximum absolute atomic E-state index is 13.3. The lowest BCUT2D eigenvalue weighted by molar-refractivity contribution is -0.117. The second kappa shape index (κ2) is 9.47. The van der Waals surface area contributed by atoms with Crippen LogP contribution in [0.3, 0.4) is 0 Å². The van der Waals surface area contributed by atoms with Crippen molar-refractivity contribution in [2.45, 2.75) is 31.7 Å². The Hall–Kier alpha value is -2.00. The zero-order chi connectivity index (χ0) is 20.1. The monoisotopic (exact) mass is 454 g/mol. The summed E-state index contributed by atoms with van der Waals surface area (Å²) in [5.74, 6) is -1.21. The molecule has 3 N–H and O–H groups in total. The van der Waals surface area contributed by atoms with E-state index in [2.05, 4.69) is 26.6 Å². The van der Waals surface area contributed by atoms with Gasteiger partial charge in [-0.1, -0.05) is 0 Å². The number of likely N-dealkylation sites (tertiary alicyclic amines) is 1. The Morgan fingerprint density at radius 2 is 1.86 bits per heavy atom. The van der Waals surface area contributed by atoms with Gasteiger partial charge in [-0.25, -0.2) is 9.18 Å². The molecule has 1 aromatic carbocycles. The van der Waals surface area contributed by atoms with Crippen molar-refractivity contribution in [2.75, 3.05) is 31.6 Å². The van der Waals surface area contributed by atoms with Gasteiger partial charge in [-0.05, 0) is 59.8 Å². The number of benzene rings is 1. The van der Waals surface area contributed by atoms with E-state index in [-0.39, 0.29) is 34.1 Å². The number of anilines is 1. The Bertz CT molecular complexity index is 747. The van der Waals surface area contributed by atoms with E-state index in [0.717, 1.165) is 12.8 Å². The molecule has 0 aromatic heterocycles. The highest BCUT2D eigenvalue weighted by Gasteiger charge is 2.30. The molecule has 28 heavy (non-hydrogen) atoms. The summed E-state index contributed by atoms with van der Waals surface area (Å²) in [5, 5.41) is 13.8. The molecule has 0 saturated carbocycles. The molecule has 0 spiro atoms. The molecule has 2 aliphatic heterocycles. The minimum Gasteiger partial charge on any atom is -0.381 e. The average molecular weight is 455 g/mol. The number of carbonyl (C=O) groups excluding carboxylic acids is 2. The Kier molecular flexibility index (Phi) is 7.01. The average Bonchev–Trinajstić information content (AvgIpc) is 2.71. The summed E-state index contributed by atoms with van der Waals surface area (Å²) < 4.78 is 18.9. The summed E-state index contributed by atoms with van der Waals surface area (Å²) in [5.41, 5.74) is 0.472. The molecule has 2 heterocycles. The van der Waals surface area contributed by atoms with Crippen LogP contribution in [0.1, 0.15) is 25.7 Å². The maximum Gasteiger partial charge on any atom is 0.317 e. The normalized spacial score (nSPS) is 18.6. The van der Waals surface area contributed by atoms with Gasteiger partial charge in [0.05, 0.1) is 4.47 Å². The number of piperidine rings is 1. The highest BCUT2D eigenvalue weighted by atomic mass is 79.9. The Morgan fingerprint density at radius 1 is 1.18 bits per heavy atom.